The van der Waals surface area contributed by atoms with Crippen LogP contribution in [0.25, 0.3) is 0 Å². The molecule has 0 saturated carbocycles. The Bertz CT molecular complexity index is 526. The molecule has 2 atom stereocenters. The fourth-order valence-electron chi connectivity index (χ4n) is 3.17. The van der Waals surface area contributed by atoms with Crippen LogP contribution in [0.1, 0.15) is 58.4 Å². The molecule has 27 heavy (non-hydrogen) atoms. The van der Waals surface area contributed by atoms with Gasteiger partial charge in [-0.05, 0) is 69.4 Å². The van der Waals surface area contributed by atoms with Gasteiger partial charge < -0.3 is 20.3 Å². The second-order valence-corrected chi connectivity index (χ2v) is 7.18. The van der Waals surface area contributed by atoms with Crippen LogP contribution in [-0.4, -0.2) is 57.2 Å². The Labute approximate surface area is 166 Å². The van der Waals surface area contributed by atoms with Crippen molar-refractivity contribution in [3.05, 3.63) is 29.8 Å². The monoisotopic (exact) mass is 376 g/mol. The molecule has 5 heteroatoms. The molecule has 0 fully saturated rings. The summed E-state index contributed by atoms with van der Waals surface area (Å²) in [5, 5.41) is 6.96. The lowest BCUT2D eigenvalue weighted by atomic mass is 9.98. The molecule has 0 aliphatic carbocycles. The van der Waals surface area contributed by atoms with Gasteiger partial charge in [0.1, 0.15) is 5.75 Å². The van der Waals surface area contributed by atoms with Gasteiger partial charge in [-0.25, -0.2) is 0 Å². The number of methoxy groups -OCH3 is 1. The van der Waals surface area contributed by atoms with Crippen molar-refractivity contribution >= 4 is 5.96 Å². The molecule has 0 radical (unpaired) electrons. The van der Waals surface area contributed by atoms with Gasteiger partial charge in [-0.2, -0.15) is 0 Å². The first-order valence-electron chi connectivity index (χ1n) is 10.4. The van der Waals surface area contributed by atoms with Gasteiger partial charge in [-0.3, -0.25) is 4.99 Å². The Hall–Kier alpha value is -1.75. The van der Waals surface area contributed by atoms with Gasteiger partial charge >= 0.3 is 0 Å². The van der Waals surface area contributed by atoms with Crippen molar-refractivity contribution < 1.29 is 4.74 Å². The molecule has 5 nitrogen and oxygen atoms in total. The van der Waals surface area contributed by atoms with Gasteiger partial charge in [0, 0.05) is 19.6 Å². The number of benzene rings is 1. The number of hydrogen-bond acceptors (Lipinski definition) is 3. The molecule has 0 saturated heterocycles. The fourth-order valence-corrected chi connectivity index (χ4v) is 3.17. The van der Waals surface area contributed by atoms with Crippen LogP contribution in [-0.2, 0) is 0 Å². The van der Waals surface area contributed by atoms with E-state index in [-0.39, 0.29) is 0 Å². The summed E-state index contributed by atoms with van der Waals surface area (Å²) in [6.45, 7) is 13.3. The van der Waals surface area contributed by atoms with Crippen LogP contribution in [0.15, 0.2) is 29.3 Å². The molecule has 0 bridgehead atoms. The number of guanidine groups is 1. The zero-order valence-corrected chi connectivity index (χ0v) is 18.2. The maximum Gasteiger partial charge on any atom is 0.191 e. The Morgan fingerprint density at radius 3 is 2.33 bits per heavy atom. The van der Waals surface area contributed by atoms with E-state index in [1.807, 2.05) is 19.2 Å². The van der Waals surface area contributed by atoms with Crippen molar-refractivity contribution in [1.29, 1.82) is 0 Å². The van der Waals surface area contributed by atoms with Gasteiger partial charge in [0.2, 0.25) is 0 Å². The van der Waals surface area contributed by atoms with Crippen LogP contribution >= 0.6 is 0 Å². The highest BCUT2D eigenvalue weighted by molar-refractivity contribution is 5.79. The SMILES string of the molecule is CCN(CC)CCCC(C)NC(=NC)NCCC(C)c1ccc(OC)cc1. The highest BCUT2D eigenvalue weighted by Gasteiger charge is 2.09. The molecule has 0 aliphatic heterocycles. The third kappa shape index (κ3) is 9.14. The second kappa shape index (κ2) is 13.4. The minimum atomic E-state index is 0.422. The summed E-state index contributed by atoms with van der Waals surface area (Å²) in [5.74, 6) is 2.30. The Balaban J connectivity index is 2.30. The van der Waals surface area contributed by atoms with Gasteiger partial charge in [0.15, 0.2) is 5.96 Å². The maximum absolute atomic E-state index is 5.23. The van der Waals surface area contributed by atoms with E-state index < -0.39 is 0 Å². The zero-order chi connectivity index (χ0) is 20.1. The average Bonchev–Trinajstić information content (AvgIpc) is 2.70. The normalized spacial score (nSPS) is 14.1. The maximum atomic E-state index is 5.23. The number of hydrogen-bond donors (Lipinski definition) is 2. The van der Waals surface area contributed by atoms with Crippen molar-refractivity contribution in [3.63, 3.8) is 0 Å². The largest absolute Gasteiger partial charge is 0.497 e. The number of aliphatic imine (C=N–C) groups is 1. The van der Waals surface area contributed by atoms with E-state index in [9.17, 15) is 0 Å². The van der Waals surface area contributed by atoms with E-state index in [0.29, 0.717) is 12.0 Å². The molecule has 0 amide bonds. The van der Waals surface area contributed by atoms with Crippen molar-refractivity contribution in [2.24, 2.45) is 4.99 Å². The highest BCUT2D eigenvalue weighted by atomic mass is 16.5. The van der Waals surface area contributed by atoms with E-state index in [4.69, 9.17) is 4.74 Å². The quantitative estimate of drug-likeness (QED) is 0.429. The zero-order valence-electron chi connectivity index (χ0n) is 18.2. The molecular formula is C22H40N4O. The standard InChI is InChI=1S/C22H40N4O/c1-7-26(8-2)17-9-10-19(4)25-22(23-5)24-16-15-18(3)20-11-13-21(27-6)14-12-20/h11-14,18-19H,7-10,15-17H2,1-6H3,(H2,23,24,25). The summed E-state index contributed by atoms with van der Waals surface area (Å²) in [6, 6.07) is 8.77. The van der Waals surface area contributed by atoms with Crippen LogP contribution in [0.5, 0.6) is 5.75 Å². The second-order valence-electron chi connectivity index (χ2n) is 7.18. The van der Waals surface area contributed by atoms with Crippen molar-refractivity contribution in [2.45, 2.75) is 58.9 Å². The minimum absolute atomic E-state index is 0.422. The van der Waals surface area contributed by atoms with Gasteiger partial charge in [-0.1, -0.05) is 32.9 Å². The van der Waals surface area contributed by atoms with Gasteiger partial charge in [0.05, 0.1) is 7.11 Å². The average molecular weight is 377 g/mol. The number of ether oxygens (including phenoxy) is 1. The molecule has 2 N–H and O–H groups in total. The van der Waals surface area contributed by atoms with Crippen molar-refractivity contribution in [1.82, 2.24) is 15.5 Å². The van der Waals surface area contributed by atoms with Crippen LogP contribution < -0.4 is 15.4 Å². The summed E-state index contributed by atoms with van der Waals surface area (Å²) in [6.07, 6.45) is 3.42. The lowest BCUT2D eigenvalue weighted by Gasteiger charge is -2.21. The van der Waals surface area contributed by atoms with Crippen LogP contribution in [0.4, 0.5) is 0 Å². The van der Waals surface area contributed by atoms with E-state index in [1.165, 1.54) is 18.5 Å². The van der Waals surface area contributed by atoms with Crippen molar-refractivity contribution in [2.75, 3.05) is 40.3 Å². The molecule has 154 valence electrons. The summed E-state index contributed by atoms with van der Waals surface area (Å²) in [7, 11) is 3.54. The summed E-state index contributed by atoms with van der Waals surface area (Å²) >= 11 is 0. The minimum Gasteiger partial charge on any atom is -0.497 e. The topological polar surface area (TPSA) is 48.9 Å². The predicted octanol–water partition coefficient (Wildman–Crippen LogP) is 3.86. The van der Waals surface area contributed by atoms with Gasteiger partial charge in [0.25, 0.3) is 0 Å². The Morgan fingerprint density at radius 2 is 1.78 bits per heavy atom. The van der Waals surface area contributed by atoms with Crippen molar-refractivity contribution in [3.8, 4) is 5.75 Å². The third-order valence-corrected chi connectivity index (χ3v) is 5.17. The first-order chi connectivity index (χ1) is 13.0. The van der Waals surface area contributed by atoms with Gasteiger partial charge in [-0.15, -0.1) is 0 Å². The molecule has 1 rings (SSSR count). The molecule has 0 aliphatic rings. The van der Waals surface area contributed by atoms with Crippen LogP contribution in [0.2, 0.25) is 0 Å². The lowest BCUT2D eigenvalue weighted by Crippen LogP contribution is -2.43. The van der Waals surface area contributed by atoms with E-state index in [1.54, 1.807) is 7.11 Å². The van der Waals surface area contributed by atoms with Crippen LogP contribution in [0.3, 0.4) is 0 Å². The molecule has 2 unspecified atom stereocenters. The highest BCUT2D eigenvalue weighted by Crippen LogP contribution is 2.21. The Kier molecular flexibility index (Phi) is 11.6. The molecule has 0 heterocycles. The fraction of sp³-hybridized carbons (Fsp3) is 0.682. The van der Waals surface area contributed by atoms with E-state index in [2.05, 4.69) is 60.4 Å². The first-order valence-corrected chi connectivity index (χ1v) is 10.4. The van der Waals surface area contributed by atoms with Crippen LogP contribution in [0, 0.1) is 0 Å². The smallest absolute Gasteiger partial charge is 0.191 e. The number of rotatable bonds is 12. The first kappa shape index (κ1) is 23.3. The Morgan fingerprint density at radius 1 is 1.11 bits per heavy atom. The summed E-state index contributed by atoms with van der Waals surface area (Å²) < 4.78 is 5.23. The predicted molar refractivity (Wildman–Crippen MR) is 117 cm³/mol. The van der Waals surface area contributed by atoms with E-state index in [0.717, 1.165) is 44.2 Å². The molecule has 1 aromatic rings. The molecule has 0 spiro atoms. The molecule has 1 aromatic carbocycles. The van der Waals surface area contributed by atoms with E-state index >= 15 is 0 Å². The lowest BCUT2D eigenvalue weighted by molar-refractivity contribution is 0.292. The third-order valence-electron chi connectivity index (χ3n) is 5.17. The number of nitrogens with zero attached hydrogens (tertiary/aromatic N) is 2. The summed E-state index contributed by atoms with van der Waals surface area (Å²) in [4.78, 5) is 6.84. The summed E-state index contributed by atoms with van der Waals surface area (Å²) in [5.41, 5.74) is 1.34. The number of nitrogens with one attached hydrogen (secondary N) is 2. The molecular weight excluding hydrogens is 336 g/mol. The molecule has 0 aromatic heterocycles.